The van der Waals surface area contributed by atoms with Crippen molar-refractivity contribution >= 4 is 5.97 Å². The van der Waals surface area contributed by atoms with Gasteiger partial charge in [-0.2, -0.15) is 0 Å². The van der Waals surface area contributed by atoms with E-state index in [0.717, 1.165) is 24.8 Å². The molecule has 0 radical (unpaired) electrons. The average molecular weight is 258 g/mol. The molecule has 1 aromatic carbocycles. The van der Waals surface area contributed by atoms with Crippen LogP contribution in [0.4, 0.5) is 0 Å². The normalized spacial score (nSPS) is 23.1. The monoisotopic (exact) mass is 258 g/mol. The lowest BCUT2D eigenvalue weighted by Crippen LogP contribution is -2.25. The Hall–Kier alpha value is -1.57. The molecule has 2 heteroatoms. The summed E-state index contributed by atoms with van der Waals surface area (Å²) in [5.41, 5.74) is 1.12. The van der Waals surface area contributed by atoms with Gasteiger partial charge in [0.05, 0.1) is 5.92 Å². The maximum absolute atomic E-state index is 11.6. The second-order valence-electron chi connectivity index (χ2n) is 5.36. The van der Waals surface area contributed by atoms with E-state index < -0.39 is 5.97 Å². The van der Waals surface area contributed by atoms with Gasteiger partial charge in [0.2, 0.25) is 0 Å². The number of aliphatic carboxylic acids is 1. The fraction of sp³-hybridized carbons (Fsp3) is 0.471. The van der Waals surface area contributed by atoms with Crippen molar-refractivity contribution in [1.29, 1.82) is 0 Å². The summed E-state index contributed by atoms with van der Waals surface area (Å²) < 4.78 is 0. The highest BCUT2D eigenvalue weighted by Gasteiger charge is 2.26. The minimum absolute atomic E-state index is 0.179. The summed E-state index contributed by atoms with van der Waals surface area (Å²) in [6, 6.07) is 9.95. The predicted molar refractivity (Wildman–Crippen MR) is 77.0 cm³/mol. The molecule has 1 aromatic rings. The average Bonchev–Trinajstić information content (AvgIpc) is 2.37. The smallest absolute Gasteiger partial charge is 0.307 e. The van der Waals surface area contributed by atoms with Gasteiger partial charge in [-0.15, -0.1) is 0 Å². The van der Waals surface area contributed by atoms with Crippen molar-refractivity contribution in [3.05, 3.63) is 48.0 Å². The molecule has 0 fully saturated rings. The van der Waals surface area contributed by atoms with Crippen molar-refractivity contribution in [3.8, 4) is 0 Å². The fourth-order valence-corrected chi connectivity index (χ4v) is 2.81. The number of hydrogen-bond donors (Lipinski definition) is 1. The summed E-state index contributed by atoms with van der Waals surface area (Å²) in [5, 5.41) is 9.52. The van der Waals surface area contributed by atoms with Crippen LogP contribution in [-0.4, -0.2) is 11.1 Å². The van der Waals surface area contributed by atoms with Gasteiger partial charge in [-0.3, -0.25) is 4.79 Å². The van der Waals surface area contributed by atoms with E-state index in [4.69, 9.17) is 0 Å². The Balaban J connectivity index is 2.10. The third kappa shape index (κ3) is 4.23. The molecule has 0 amide bonds. The number of carboxylic acids is 1. The van der Waals surface area contributed by atoms with E-state index in [1.165, 1.54) is 12.8 Å². The van der Waals surface area contributed by atoms with Crippen molar-refractivity contribution in [2.24, 2.45) is 11.8 Å². The van der Waals surface area contributed by atoms with E-state index in [9.17, 15) is 9.90 Å². The molecule has 102 valence electrons. The first-order chi connectivity index (χ1) is 9.27. The summed E-state index contributed by atoms with van der Waals surface area (Å²) in [6.45, 7) is 0. The molecular formula is C17H22O2. The van der Waals surface area contributed by atoms with Gasteiger partial charge >= 0.3 is 5.97 Å². The van der Waals surface area contributed by atoms with Gasteiger partial charge in [0.25, 0.3) is 0 Å². The zero-order valence-electron chi connectivity index (χ0n) is 11.3. The molecule has 19 heavy (non-hydrogen) atoms. The van der Waals surface area contributed by atoms with Gasteiger partial charge in [0.1, 0.15) is 0 Å². The Kier molecular flexibility index (Phi) is 5.20. The summed E-state index contributed by atoms with van der Waals surface area (Å²) in [7, 11) is 0. The van der Waals surface area contributed by atoms with Crippen molar-refractivity contribution in [1.82, 2.24) is 0 Å². The fourth-order valence-electron chi connectivity index (χ4n) is 2.81. The van der Waals surface area contributed by atoms with E-state index in [1.54, 1.807) is 0 Å². The molecule has 1 N–H and O–H groups in total. The molecule has 2 atom stereocenters. The molecule has 0 aliphatic heterocycles. The van der Waals surface area contributed by atoms with Crippen LogP contribution < -0.4 is 0 Å². The minimum Gasteiger partial charge on any atom is -0.481 e. The van der Waals surface area contributed by atoms with Crippen LogP contribution in [0.5, 0.6) is 0 Å². The summed E-state index contributed by atoms with van der Waals surface area (Å²) in [5.74, 6) is -0.783. The van der Waals surface area contributed by atoms with Crippen LogP contribution in [0.15, 0.2) is 42.5 Å². The van der Waals surface area contributed by atoms with Crippen LogP contribution in [0.3, 0.4) is 0 Å². The molecule has 0 spiro atoms. The standard InChI is InChI=1S/C17H22O2/c18-17(19)16(13-14-9-5-4-6-10-14)15-11-7-2-1-3-8-12-15/h4-7,9-11,15-16H,1-3,8,12-13H2,(H,18,19)/b11-7+. The Morgan fingerprint density at radius 1 is 1.21 bits per heavy atom. The van der Waals surface area contributed by atoms with E-state index in [0.29, 0.717) is 6.42 Å². The predicted octanol–water partition coefficient (Wildman–Crippen LogP) is 4.07. The molecule has 2 rings (SSSR count). The van der Waals surface area contributed by atoms with Crippen LogP contribution in [-0.2, 0) is 11.2 Å². The van der Waals surface area contributed by atoms with Crippen LogP contribution in [0, 0.1) is 11.8 Å². The number of rotatable bonds is 4. The summed E-state index contributed by atoms with van der Waals surface area (Å²) in [4.78, 5) is 11.6. The lowest BCUT2D eigenvalue weighted by molar-refractivity contribution is -0.143. The lowest BCUT2D eigenvalue weighted by atomic mass is 9.82. The Morgan fingerprint density at radius 2 is 2.00 bits per heavy atom. The highest BCUT2D eigenvalue weighted by Crippen LogP contribution is 2.27. The first-order valence-corrected chi connectivity index (χ1v) is 7.21. The molecule has 1 aliphatic carbocycles. The largest absolute Gasteiger partial charge is 0.481 e. The Labute approximate surface area is 115 Å². The number of carbonyl (C=O) groups is 1. The molecule has 0 saturated heterocycles. The quantitative estimate of drug-likeness (QED) is 0.827. The van der Waals surface area contributed by atoms with Gasteiger partial charge in [0.15, 0.2) is 0 Å². The second-order valence-corrected chi connectivity index (χ2v) is 5.36. The number of benzene rings is 1. The number of allylic oxidation sites excluding steroid dienone is 2. The molecule has 0 bridgehead atoms. The van der Waals surface area contributed by atoms with Gasteiger partial charge in [-0.1, -0.05) is 55.3 Å². The van der Waals surface area contributed by atoms with Gasteiger partial charge in [0, 0.05) is 0 Å². The van der Waals surface area contributed by atoms with E-state index >= 15 is 0 Å². The maximum Gasteiger partial charge on any atom is 0.307 e. The first-order valence-electron chi connectivity index (χ1n) is 7.21. The maximum atomic E-state index is 11.6. The number of carboxylic acid groups (broad SMARTS) is 1. The van der Waals surface area contributed by atoms with Crippen LogP contribution in [0.2, 0.25) is 0 Å². The first kappa shape index (κ1) is 13.9. The van der Waals surface area contributed by atoms with Crippen molar-refractivity contribution in [2.45, 2.75) is 38.5 Å². The highest BCUT2D eigenvalue weighted by atomic mass is 16.4. The van der Waals surface area contributed by atoms with E-state index in [-0.39, 0.29) is 11.8 Å². The molecule has 0 heterocycles. The second kappa shape index (κ2) is 7.13. The zero-order valence-corrected chi connectivity index (χ0v) is 11.3. The topological polar surface area (TPSA) is 37.3 Å². The Bertz CT molecular complexity index is 422. The van der Waals surface area contributed by atoms with Crippen LogP contribution in [0.25, 0.3) is 0 Å². The highest BCUT2D eigenvalue weighted by molar-refractivity contribution is 5.71. The van der Waals surface area contributed by atoms with E-state index in [2.05, 4.69) is 12.2 Å². The minimum atomic E-state index is -0.668. The van der Waals surface area contributed by atoms with Gasteiger partial charge < -0.3 is 5.11 Å². The van der Waals surface area contributed by atoms with Gasteiger partial charge in [-0.25, -0.2) is 0 Å². The van der Waals surface area contributed by atoms with E-state index in [1.807, 2.05) is 30.3 Å². The summed E-state index contributed by atoms with van der Waals surface area (Å²) in [6.07, 6.45) is 10.6. The van der Waals surface area contributed by atoms with Crippen molar-refractivity contribution < 1.29 is 9.90 Å². The molecule has 2 unspecified atom stereocenters. The Morgan fingerprint density at radius 3 is 2.74 bits per heavy atom. The zero-order chi connectivity index (χ0) is 13.5. The van der Waals surface area contributed by atoms with Crippen LogP contribution in [0.1, 0.15) is 37.7 Å². The lowest BCUT2D eigenvalue weighted by Gasteiger charge is -2.22. The van der Waals surface area contributed by atoms with Crippen LogP contribution >= 0.6 is 0 Å². The van der Waals surface area contributed by atoms with Crippen molar-refractivity contribution in [3.63, 3.8) is 0 Å². The van der Waals surface area contributed by atoms with Gasteiger partial charge in [-0.05, 0) is 37.2 Å². The number of hydrogen-bond acceptors (Lipinski definition) is 1. The third-order valence-corrected chi connectivity index (χ3v) is 3.92. The molecule has 0 aromatic heterocycles. The molecule has 1 aliphatic rings. The molecular weight excluding hydrogens is 236 g/mol. The molecule has 0 saturated carbocycles. The summed E-state index contributed by atoms with van der Waals surface area (Å²) >= 11 is 0. The molecule has 2 nitrogen and oxygen atoms in total. The van der Waals surface area contributed by atoms with Crippen molar-refractivity contribution in [2.75, 3.05) is 0 Å². The third-order valence-electron chi connectivity index (χ3n) is 3.92. The SMILES string of the molecule is O=C(O)C(Cc1ccccc1)C1/C=C/CCCCC1.